The van der Waals surface area contributed by atoms with Crippen molar-refractivity contribution >= 4 is 27.5 Å². The van der Waals surface area contributed by atoms with Crippen molar-refractivity contribution in [1.82, 2.24) is 10.2 Å². The fourth-order valence-electron chi connectivity index (χ4n) is 7.83. The number of carbonyl (C=O) groups excluding carboxylic acids is 2. The van der Waals surface area contributed by atoms with Crippen LogP contribution in [-0.2, 0) is 31.6 Å². The van der Waals surface area contributed by atoms with E-state index in [0.29, 0.717) is 11.3 Å². The molecule has 41 heavy (non-hydrogen) atoms. The fourth-order valence-corrected chi connectivity index (χ4v) is 8.68. The number of rotatable bonds is 10. The van der Waals surface area contributed by atoms with Gasteiger partial charge < -0.3 is 10.2 Å². The second kappa shape index (κ2) is 11.4. The number of hydrogen-bond acceptors (Lipinski definition) is 4. The van der Waals surface area contributed by atoms with Gasteiger partial charge in [-0.1, -0.05) is 24.3 Å². The van der Waals surface area contributed by atoms with Gasteiger partial charge in [-0.05, 0) is 118 Å². The minimum absolute atomic E-state index is 0.0361. The number of anilines is 1. The first-order chi connectivity index (χ1) is 19.3. The predicted octanol–water partition coefficient (Wildman–Crippen LogP) is 5.00. The first kappa shape index (κ1) is 29.5. The van der Waals surface area contributed by atoms with Crippen molar-refractivity contribution in [2.24, 2.45) is 17.8 Å². The topological polar surface area (TPSA) is 86.8 Å². The van der Waals surface area contributed by atoms with Gasteiger partial charge in [0.25, 0.3) is 0 Å². The first-order valence-corrected chi connectivity index (χ1v) is 16.6. The van der Waals surface area contributed by atoms with Crippen LogP contribution in [0, 0.1) is 23.6 Å². The molecule has 4 fully saturated rings. The molecule has 2 aromatic rings. The monoisotopic (exact) mass is 583 g/mol. The van der Waals surface area contributed by atoms with E-state index in [-0.39, 0.29) is 23.9 Å². The van der Waals surface area contributed by atoms with Crippen LogP contribution in [0.1, 0.15) is 70.4 Å². The standard InChI is InChI=1S/C32H42FN3O4S/c1-21(2)34-31(38)22(3)35(19-23-5-9-28(33)10-6-23)30(37)20-36(41(4,39)40)29-11-7-27(8-12-29)32-16-24-13-25(17-32)15-26(14-24)18-32/h5-12,21-22,24-26H,13-20H2,1-4H3,(H,34,38)/t22-,24?,25?,26?,32?/m0/s1. The molecule has 0 unspecified atom stereocenters. The number of carbonyl (C=O) groups is 2. The zero-order valence-electron chi connectivity index (χ0n) is 24.5. The van der Waals surface area contributed by atoms with Crippen molar-refractivity contribution in [3.63, 3.8) is 0 Å². The molecule has 2 aromatic carbocycles. The van der Waals surface area contributed by atoms with Crippen molar-refractivity contribution in [2.45, 2.75) is 83.3 Å². The minimum Gasteiger partial charge on any atom is -0.352 e. The molecule has 4 saturated carbocycles. The smallest absolute Gasteiger partial charge is 0.244 e. The summed E-state index contributed by atoms with van der Waals surface area (Å²) in [5.74, 6) is 1.13. The van der Waals surface area contributed by atoms with Crippen LogP contribution in [0.5, 0.6) is 0 Å². The summed E-state index contributed by atoms with van der Waals surface area (Å²) in [4.78, 5) is 28.0. The summed E-state index contributed by atoms with van der Waals surface area (Å²) in [5, 5.41) is 2.82. The third kappa shape index (κ3) is 6.45. The molecule has 0 aliphatic heterocycles. The minimum atomic E-state index is -3.81. The second-order valence-electron chi connectivity index (χ2n) is 13.0. The molecule has 4 bridgehead atoms. The van der Waals surface area contributed by atoms with Gasteiger partial charge >= 0.3 is 0 Å². The van der Waals surface area contributed by atoms with E-state index >= 15 is 0 Å². The number of nitrogens with zero attached hydrogens (tertiary/aromatic N) is 2. The Labute approximate surface area is 243 Å². The van der Waals surface area contributed by atoms with Gasteiger partial charge in [-0.15, -0.1) is 0 Å². The van der Waals surface area contributed by atoms with Crippen LogP contribution in [-0.4, -0.2) is 50.0 Å². The summed E-state index contributed by atoms with van der Waals surface area (Å²) in [6.07, 6.45) is 8.77. The average molecular weight is 584 g/mol. The van der Waals surface area contributed by atoms with Gasteiger partial charge in [0.15, 0.2) is 0 Å². The van der Waals surface area contributed by atoms with E-state index in [1.165, 1.54) is 61.1 Å². The lowest BCUT2D eigenvalue weighted by Crippen LogP contribution is -2.52. The molecule has 4 aliphatic carbocycles. The van der Waals surface area contributed by atoms with Crippen molar-refractivity contribution in [3.05, 3.63) is 65.5 Å². The van der Waals surface area contributed by atoms with Crippen LogP contribution in [0.3, 0.4) is 0 Å². The molecule has 7 nitrogen and oxygen atoms in total. The van der Waals surface area contributed by atoms with Gasteiger partial charge in [0.05, 0.1) is 11.9 Å². The lowest BCUT2D eigenvalue weighted by atomic mass is 9.48. The molecule has 0 heterocycles. The molecule has 1 atom stereocenters. The fraction of sp³-hybridized carbons (Fsp3) is 0.562. The van der Waals surface area contributed by atoms with Gasteiger partial charge in [-0.25, -0.2) is 12.8 Å². The maximum Gasteiger partial charge on any atom is 0.244 e. The van der Waals surface area contributed by atoms with Crippen LogP contribution in [0.2, 0.25) is 0 Å². The first-order valence-electron chi connectivity index (χ1n) is 14.8. The van der Waals surface area contributed by atoms with Crippen LogP contribution in [0.25, 0.3) is 0 Å². The van der Waals surface area contributed by atoms with Crippen molar-refractivity contribution in [3.8, 4) is 0 Å². The number of halogens is 1. The zero-order chi connectivity index (χ0) is 29.5. The van der Waals surface area contributed by atoms with E-state index in [9.17, 15) is 22.4 Å². The Hall–Kier alpha value is -2.94. The highest BCUT2D eigenvalue weighted by molar-refractivity contribution is 7.92. The lowest BCUT2D eigenvalue weighted by Gasteiger charge is -2.57. The quantitative estimate of drug-likeness (QED) is 0.427. The Balaban J connectivity index is 1.38. The largest absolute Gasteiger partial charge is 0.352 e. The summed E-state index contributed by atoms with van der Waals surface area (Å²) in [6.45, 7) is 4.86. The Morgan fingerprint density at radius 2 is 1.46 bits per heavy atom. The van der Waals surface area contributed by atoms with E-state index in [1.807, 2.05) is 26.0 Å². The van der Waals surface area contributed by atoms with Crippen LogP contribution < -0.4 is 9.62 Å². The average Bonchev–Trinajstić information content (AvgIpc) is 2.89. The third-order valence-corrected chi connectivity index (χ3v) is 10.5. The molecule has 4 aliphatic rings. The SMILES string of the molecule is CC(C)NC(=O)[C@H](C)N(Cc1ccc(F)cc1)C(=O)CN(c1ccc(C23CC4CC(CC(C4)C2)C3)cc1)S(C)(=O)=O. The lowest BCUT2D eigenvalue weighted by molar-refractivity contribution is -0.139. The van der Waals surface area contributed by atoms with Gasteiger partial charge in [-0.2, -0.15) is 0 Å². The predicted molar refractivity (Wildman–Crippen MR) is 158 cm³/mol. The number of nitrogens with one attached hydrogen (secondary N) is 1. The molecule has 0 saturated heterocycles. The van der Waals surface area contributed by atoms with E-state index < -0.39 is 34.3 Å². The highest BCUT2D eigenvalue weighted by atomic mass is 32.2. The van der Waals surface area contributed by atoms with Crippen molar-refractivity contribution < 1.29 is 22.4 Å². The molecule has 6 rings (SSSR count). The van der Waals surface area contributed by atoms with E-state index in [1.54, 1.807) is 19.1 Å². The van der Waals surface area contributed by atoms with Crippen molar-refractivity contribution in [1.29, 1.82) is 0 Å². The van der Waals surface area contributed by atoms with Crippen LogP contribution in [0.15, 0.2) is 48.5 Å². The number of benzene rings is 2. The maximum atomic E-state index is 13.7. The van der Waals surface area contributed by atoms with Gasteiger partial charge in [0, 0.05) is 12.6 Å². The Bertz CT molecular complexity index is 1340. The number of sulfonamides is 1. The summed E-state index contributed by atoms with van der Waals surface area (Å²) >= 11 is 0. The summed E-state index contributed by atoms with van der Waals surface area (Å²) in [5.41, 5.74) is 2.52. The van der Waals surface area contributed by atoms with Crippen molar-refractivity contribution in [2.75, 3.05) is 17.1 Å². The number of hydrogen-bond donors (Lipinski definition) is 1. The molecule has 222 valence electrons. The molecular weight excluding hydrogens is 541 g/mol. The van der Waals surface area contributed by atoms with Gasteiger partial charge in [-0.3, -0.25) is 13.9 Å². The van der Waals surface area contributed by atoms with Gasteiger partial charge in [0.1, 0.15) is 18.4 Å². The highest BCUT2D eigenvalue weighted by Crippen LogP contribution is 2.60. The second-order valence-corrected chi connectivity index (χ2v) is 14.9. The highest BCUT2D eigenvalue weighted by Gasteiger charge is 2.51. The normalized spacial score (nSPS) is 25.7. The molecule has 1 N–H and O–H groups in total. The molecular formula is C32H42FN3O4S. The Morgan fingerprint density at radius 3 is 1.95 bits per heavy atom. The third-order valence-electron chi connectivity index (χ3n) is 9.35. The van der Waals surface area contributed by atoms with Gasteiger partial charge in [0.2, 0.25) is 21.8 Å². The Morgan fingerprint density at radius 1 is 0.927 bits per heavy atom. The van der Waals surface area contributed by atoms with E-state index in [0.717, 1.165) is 28.3 Å². The van der Waals surface area contributed by atoms with Crippen LogP contribution >= 0.6 is 0 Å². The number of amides is 2. The van der Waals surface area contributed by atoms with E-state index in [4.69, 9.17) is 0 Å². The molecule has 2 amide bonds. The summed E-state index contributed by atoms with van der Waals surface area (Å²) in [6, 6.07) is 12.5. The summed E-state index contributed by atoms with van der Waals surface area (Å²) < 4.78 is 40.6. The van der Waals surface area contributed by atoms with E-state index in [2.05, 4.69) is 17.4 Å². The zero-order valence-corrected chi connectivity index (χ0v) is 25.3. The molecule has 0 spiro atoms. The molecule has 9 heteroatoms. The summed E-state index contributed by atoms with van der Waals surface area (Å²) in [7, 11) is -3.81. The van der Waals surface area contributed by atoms with Crippen LogP contribution in [0.4, 0.5) is 10.1 Å². The molecule has 0 radical (unpaired) electrons. The molecule has 0 aromatic heterocycles. The Kier molecular flexibility index (Phi) is 8.21. The maximum absolute atomic E-state index is 13.7.